The molecule has 278 valence electrons. The van der Waals surface area contributed by atoms with E-state index in [0.717, 1.165) is 39.7 Å². The van der Waals surface area contributed by atoms with E-state index in [9.17, 15) is 0 Å². The van der Waals surface area contributed by atoms with Gasteiger partial charge in [0.1, 0.15) is 17.3 Å². The molecule has 0 saturated carbocycles. The van der Waals surface area contributed by atoms with Gasteiger partial charge < -0.3 is 14.5 Å². The molecule has 0 unspecified atom stereocenters. The van der Waals surface area contributed by atoms with E-state index in [1.165, 1.54) is 38.7 Å². The quantitative estimate of drug-likeness (QED) is 0.171. The van der Waals surface area contributed by atoms with Crippen LogP contribution in [0.5, 0.6) is 11.5 Å². The van der Waals surface area contributed by atoms with E-state index in [1.807, 2.05) is 6.20 Å². The summed E-state index contributed by atoms with van der Waals surface area (Å²) < 4.78 is 9.17. The minimum Gasteiger partial charge on any atom is -0.457 e. The van der Waals surface area contributed by atoms with Gasteiger partial charge in [0, 0.05) is 46.7 Å². The number of benzene rings is 5. The van der Waals surface area contributed by atoms with Crippen LogP contribution in [0.2, 0.25) is 0 Å². The predicted molar refractivity (Wildman–Crippen MR) is 232 cm³/mol. The third-order valence-electron chi connectivity index (χ3n) is 10.8. The summed E-state index contributed by atoms with van der Waals surface area (Å²) in [5.74, 6) is 2.49. The van der Waals surface area contributed by atoms with Crippen molar-refractivity contribution in [3.63, 3.8) is 0 Å². The number of pyridine rings is 1. The summed E-state index contributed by atoms with van der Waals surface area (Å²) >= 11 is 0. The lowest BCUT2D eigenvalue weighted by Gasteiger charge is -2.28. The molecular weight excluding hydrogens is 673 g/mol. The molecule has 8 rings (SSSR count). The molecule has 0 radical (unpaired) electrons. The molecule has 3 heterocycles. The summed E-state index contributed by atoms with van der Waals surface area (Å²) in [4.78, 5) is 9.66. The molecule has 0 bridgehead atoms. The standard InChI is InChI=1S/C50H52N4O/c1-48(2,3)35-18-15-19-38(26-35)52-32-46(34-16-11-10-12-17-34)53(33-52)39-27-37(50(7,8)9)28-41(30-39)55-40-22-23-43-42-20-13-14-21-44(42)54(45(43)31-40)47-29-36(24-25-51-47)49(4,5)6/h10-32H,33H2,1-9H3. The monoisotopic (exact) mass is 724 g/mol. The highest BCUT2D eigenvalue weighted by atomic mass is 16.5. The molecule has 2 aromatic heterocycles. The van der Waals surface area contributed by atoms with E-state index in [1.54, 1.807) is 0 Å². The van der Waals surface area contributed by atoms with Gasteiger partial charge in [0.25, 0.3) is 0 Å². The van der Waals surface area contributed by atoms with Gasteiger partial charge in [0.15, 0.2) is 0 Å². The average Bonchev–Trinajstić information content (AvgIpc) is 3.74. The average molecular weight is 725 g/mol. The predicted octanol–water partition coefficient (Wildman–Crippen LogP) is 13.1. The normalized spacial score (nSPS) is 13.9. The van der Waals surface area contributed by atoms with Crippen molar-refractivity contribution in [1.29, 1.82) is 0 Å². The van der Waals surface area contributed by atoms with Gasteiger partial charge in [0.2, 0.25) is 0 Å². The van der Waals surface area contributed by atoms with Crippen molar-refractivity contribution >= 4 is 38.9 Å². The second kappa shape index (κ2) is 13.5. The molecule has 1 aliphatic heterocycles. The van der Waals surface area contributed by atoms with Gasteiger partial charge in [-0.05, 0) is 93.1 Å². The summed E-state index contributed by atoms with van der Waals surface area (Å²) in [5, 5.41) is 2.36. The number of nitrogens with zero attached hydrogens (tertiary/aromatic N) is 4. The molecule has 0 atom stereocenters. The fourth-order valence-corrected chi connectivity index (χ4v) is 7.49. The lowest BCUT2D eigenvalue weighted by molar-refractivity contribution is 0.479. The molecule has 55 heavy (non-hydrogen) atoms. The van der Waals surface area contributed by atoms with Gasteiger partial charge in [-0.2, -0.15) is 0 Å². The van der Waals surface area contributed by atoms with E-state index < -0.39 is 0 Å². The highest BCUT2D eigenvalue weighted by molar-refractivity contribution is 6.09. The molecule has 5 nitrogen and oxygen atoms in total. The fourth-order valence-electron chi connectivity index (χ4n) is 7.49. The topological polar surface area (TPSA) is 33.5 Å². The van der Waals surface area contributed by atoms with Crippen LogP contribution in [0.25, 0.3) is 33.3 Å². The van der Waals surface area contributed by atoms with Gasteiger partial charge in [0.05, 0.1) is 23.4 Å². The van der Waals surface area contributed by atoms with Crippen LogP contribution in [0, 0.1) is 0 Å². The van der Waals surface area contributed by atoms with Crippen molar-refractivity contribution in [3.05, 3.63) is 162 Å². The van der Waals surface area contributed by atoms with Crippen molar-refractivity contribution in [2.75, 3.05) is 16.5 Å². The Kier molecular flexibility index (Phi) is 8.87. The summed E-state index contributed by atoms with van der Waals surface area (Å²) in [6, 6.07) is 45.7. The zero-order valence-electron chi connectivity index (χ0n) is 33.7. The molecule has 0 saturated heterocycles. The van der Waals surface area contributed by atoms with Crippen LogP contribution in [0.1, 0.15) is 84.6 Å². The smallest absolute Gasteiger partial charge is 0.137 e. The van der Waals surface area contributed by atoms with E-state index in [4.69, 9.17) is 9.72 Å². The zero-order valence-corrected chi connectivity index (χ0v) is 33.7. The number of anilines is 2. The first-order valence-electron chi connectivity index (χ1n) is 19.4. The molecule has 0 fully saturated rings. The number of hydrogen-bond acceptors (Lipinski definition) is 4. The Bertz CT molecular complexity index is 2560. The molecule has 5 aromatic carbocycles. The van der Waals surface area contributed by atoms with Crippen molar-refractivity contribution in [2.24, 2.45) is 0 Å². The Morgan fingerprint density at radius 2 is 1.20 bits per heavy atom. The summed E-state index contributed by atoms with van der Waals surface area (Å²) in [7, 11) is 0. The van der Waals surface area contributed by atoms with Gasteiger partial charge in [-0.3, -0.25) is 4.57 Å². The van der Waals surface area contributed by atoms with Crippen LogP contribution in [-0.2, 0) is 16.2 Å². The maximum atomic E-state index is 6.90. The van der Waals surface area contributed by atoms with Gasteiger partial charge in [-0.1, -0.05) is 123 Å². The van der Waals surface area contributed by atoms with Crippen LogP contribution in [0.3, 0.4) is 0 Å². The fraction of sp³-hybridized carbons (Fsp3) is 0.260. The lowest BCUT2D eigenvalue weighted by atomic mass is 9.86. The highest BCUT2D eigenvalue weighted by Gasteiger charge is 2.28. The van der Waals surface area contributed by atoms with Gasteiger partial charge in [-0.25, -0.2) is 4.98 Å². The molecule has 1 aliphatic rings. The Hall–Kier alpha value is -5.81. The van der Waals surface area contributed by atoms with Crippen molar-refractivity contribution in [3.8, 4) is 17.3 Å². The highest BCUT2D eigenvalue weighted by Crippen LogP contribution is 2.41. The maximum Gasteiger partial charge on any atom is 0.137 e. The molecule has 0 spiro atoms. The number of ether oxygens (including phenoxy) is 1. The molecule has 0 amide bonds. The van der Waals surface area contributed by atoms with Crippen LogP contribution in [0.15, 0.2) is 140 Å². The van der Waals surface area contributed by atoms with E-state index in [0.29, 0.717) is 6.67 Å². The van der Waals surface area contributed by atoms with Crippen LogP contribution < -0.4 is 14.5 Å². The lowest BCUT2D eigenvalue weighted by Crippen LogP contribution is -2.27. The minimum atomic E-state index is -0.106. The van der Waals surface area contributed by atoms with Crippen LogP contribution >= 0.6 is 0 Å². The number of fused-ring (bicyclic) bond motifs is 3. The second-order valence-corrected chi connectivity index (χ2v) is 18.0. The number of rotatable bonds is 6. The molecule has 0 aliphatic carbocycles. The molecule has 7 aromatic rings. The maximum absolute atomic E-state index is 6.90. The van der Waals surface area contributed by atoms with Crippen molar-refractivity contribution in [1.82, 2.24) is 9.55 Å². The van der Waals surface area contributed by atoms with Gasteiger partial charge in [-0.15, -0.1) is 0 Å². The first-order chi connectivity index (χ1) is 26.1. The van der Waals surface area contributed by atoms with E-state index >= 15 is 0 Å². The Morgan fingerprint density at radius 1 is 0.527 bits per heavy atom. The third kappa shape index (κ3) is 7.12. The SMILES string of the molecule is CC(C)(C)c1cccc(N2C=C(c3ccccc3)N(c3cc(Oc4ccc5c6ccccc6n(-c6cc(C(C)(C)C)ccn6)c5c4)cc(C(C)(C)C)c3)C2)c1. The van der Waals surface area contributed by atoms with Crippen molar-refractivity contribution < 1.29 is 4.74 Å². The summed E-state index contributed by atoms with van der Waals surface area (Å²) in [5.41, 5.74) is 10.5. The third-order valence-corrected chi connectivity index (χ3v) is 10.8. The first kappa shape index (κ1) is 36.2. The minimum absolute atomic E-state index is 0.00109. The van der Waals surface area contributed by atoms with Crippen molar-refractivity contribution in [2.45, 2.75) is 78.6 Å². The van der Waals surface area contributed by atoms with Crippen LogP contribution in [0.4, 0.5) is 11.4 Å². The van der Waals surface area contributed by atoms with Gasteiger partial charge >= 0.3 is 0 Å². The second-order valence-electron chi connectivity index (χ2n) is 18.0. The molecule has 0 N–H and O–H groups in total. The molecule has 5 heteroatoms. The summed E-state index contributed by atoms with van der Waals surface area (Å²) in [6.45, 7) is 21.0. The number of para-hydroxylation sites is 1. The Morgan fingerprint density at radius 3 is 1.95 bits per heavy atom. The first-order valence-corrected chi connectivity index (χ1v) is 19.4. The zero-order chi connectivity index (χ0) is 38.7. The number of hydrogen-bond donors (Lipinski definition) is 0. The number of aromatic nitrogens is 2. The Balaban J connectivity index is 1.22. The largest absolute Gasteiger partial charge is 0.457 e. The Labute approximate surface area is 326 Å². The molecular formula is C50H52N4O. The van der Waals surface area contributed by atoms with E-state index in [-0.39, 0.29) is 16.2 Å². The van der Waals surface area contributed by atoms with E-state index in [2.05, 4.69) is 210 Å². The summed E-state index contributed by atoms with van der Waals surface area (Å²) in [6.07, 6.45) is 4.21. The van der Waals surface area contributed by atoms with Crippen LogP contribution in [-0.4, -0.2) is 16.2 Å².